The molecule has 1 aromatic rings. The number of carboxylic acid groups (broad SMARTS) is 2. The lowest BCUT2D eigenvalue weighted by Crippen LogP contribution is -2.48. The summed E-state index contributed by atoms with van der Waals surface area (Å²) in [5.74, 6) is -3.13. The molecule has 0 fully saturated rings. The van der Waals surface area contributed by atoms with E-state index in [2.05, 4.69) is 0 Å². The fourth-order valence-corrected chi connectivity index (χ4v) is 1.20. The van der Waals surface area contributed by atoms with E-state index in [1.807, 2.05) is 0 Å². The monoisotopic (exact) mass is 243 g/mol. The molecule has 0 aliphatic carbocycles. The van der Waals surface area contributed by atoms with E-state index in [1.165, 1.54) is 6.07 Å². The Bertz CT molecular complexity index is 422. The van der Waals surface area contributed by atoms with Gasteiger partial charge in [0.1, 0.15) is 5.76 Å². The van der Waals surface area contributed by atoms with Gasteiger partial charge in [-0.2, -0.15) is 0 Å². The molecule has 1 rings (SSSR count). The fourth-order valence-electron chi connectivity index (χ4n) is 1.20. The van der Waals surface area contributed by atoms with Gasteiger partial charge in [-0.25, -0.2) is 9.59 Å². The van der Waals surface area contributed by atoms with Crippen LogP contribution in [0.3, 0.4) is 0 Å². The molecule has 94 valence electrons. The predicted octanol–water partition coefficient (Wildman–Crippen LogP) is -0.212. The summed E-state index contributed by atoms with van der Waals surface area (Å²) >= 11 is 0. The molecule has 0 saturated carbocycles. The molecule has 7 heteroatoms. The van der Waals surface area contributed by atoms with E-state index >= 15 is 0 Å². The summed E-state index contributed by atoms with van der Waals surface area (Å²) in [5.41, 5.74) is -2.87. The number of nitrogens with zero attached hydrogens (tertiary/aromatic N) is 1. The van der Waals surface area contributed by atoms with Gasteiger partial charge in [-0.3, -0.25) is 0 Å². The smallest absolute Gasteiger partial charge is 0.348 e. The van der Waals surface area contributed by atoms with E-state index in [1.54, 1.807) is 25.1 Å². The van der Waals surface area contributed by atoms with Crippen LogP contribution < -0.4 is 4.90 Å². The number of carbonyl (C=O) groups is 2. The Balaban J connectivity index is 2.95. The average molecular weight is 243 g/mol. The number of hydrogen-bond acceptors (Lipinski definition) is 5. The van der Waals surface area contributed by atoms with Gasteiger partial charge in [-0.15, -0.1) is 0 Å². The SMILES string of the molecule is CN(C)c1ccc(CC(O)(C(=O)O)C(=O)O)o1. The molecule has 0 aliphatic rings. The van der Waals surface area contributed by atoms with Crippen LogP contribution in [0.25, 0.3) is 0 Å². The number of furan rings is 1. The molecule has 0 saturated heterocycles. The quantitative estimate of drug-likeness (QED) is 0.613. The number of carboxylic acids is 2. The van der Waals surface area contributed by atoms with Crippen molar-refractivity contribution in [3.05, 3.63) is 17.9 Å². The van der Waals surface area contributed by atoms with Crippen LogP contribution in [0.5, 0.6) is 0 Å². The first kappa shape index (κ1) is 13.0. The van der Waals surface area contributed by atoms with Crippen LogP contribution >= 0.6 is 0 Å². The molecule has 0 bridgehead atoms. The molecule has 3 N–H and O–H groups in total. The Labute approximate surface area is 96.9 Å². The lowest BCUT2D eigenvalue weighted by atomic mass is 9.99. The molecule has 0 atom stereocenters. The number of aliphatic hydroxyl groups is 1. The Morgan fingerprint density at radius 1 is 1.29 bits per heavy atom. The van der Waals surface area contributed by atoms with Crippen LogP contribution in [0, 0.1) is 0 Å². The summed E-state index contributed by atoms with van der Waals surface area (Å²) in [5, 5.41) is 26.9. The molecule has 0 unspecified atom stereocenters. The molecular formula is C10H13NO6. The average Bonchev–Trinajstić information content (AvgIpc) is 2.65. The van der Waals surface area contributed by atoms with Crippen molar-refractivity contribution >= 4 is 17.8 Å². The first-order chi connectivity index (χ1) is 7.77. The van der Waals surface area contributed by atoms with Crippen molar-refractivity contribution in [2.24, 2.45) is 0 Å². The van der Waals surface area contributed by atoms with E-state index in [-0.39, 0.29) is 5.76 Å². The van der Waals surface area contributed by atoms with Gasteiger partial charge in [0.25, 0.3) is 5.60 Å². The molecule has 0 spiro atoms. The van der Waals surface area contributed by atoms with E-state index in [0.717, 1.165) is 0 Å². The van der Waals surface area contributed by atoms with Crippen molar-refractivity contribution in [2.45, 2.75) is 12.0 Å². The molecule has 0 aromatic carbocycles. The number of anilines is 1. The molecule has 0 amide bonds. The van der Waals surface area contributed by atoms with Gasteiger partial charge in [-0.1, -0.05) is 0 Å². The highest BCUT2D eigenvalue weighted by Crippen LogP contribution is 2.21. The Morgan fingerprint density at radius 3 is 2.18 bits per heavy atom. The first-order valence-electron chi connectivity index (χ1n) is 4.72. The maximum atomic E-state index is 10.7. The predicted molar refractivity (Wildman–Crippen MR) is 57.0 cm³/mol. The molecule has 0 radical (unpaired) electrons. The summed E-state index contributed by atoms with van der Waals surface area (Å²) in [6, 6.07) is 2.98. The summed E-state index contributed by atoms with van der Waals surface area (Å²) < 4.78 is 5.18. The lowest BCUT2D eigenvalue weighted by molar-refractivity contribution is -0.176. The second kappa shape index (κ2) is 4.46. The zero-order valence-electron chi connectivity index (χ0n) is 9.38. The van der Waals surface area contributed by atoms with Crippen molar-refractivity contribution < 1.29 is 29.3 Å². The van der Waals surface area contributed by atoms with Crippen LogP contribution in [0.4, 0.5) is 5.88 Å². The maximum Gasteiger partial charge on any atom is 0.348 e. The third kappa shape index (κ3) is 2.56. The van der Waals surface area contributed by atoms with Gasteiger partial charge in [0.15, 0.2) is 5.88 Å². The summed E-state index contributed by atoms with van der Waals surface area (Å²) in [6.07, 6.45) is -0.633. The van der Waals surface area contributed by atoms with Gasteiger partial charge >= 0.3 is 11.9 Å². The lowest BCUT2D eigenvalue weighted by Gasteiger charge is -2.16. The Hall–Kier alpha value is -2.02. The number of rotatable bonds is 5. The standard InChI is InChI=1S/C10H13NO6/c1-11(2)7-4-3-6(17-7)5-10(16,8(12)13)9(14)15/h3-4,16H,5H2,1-2H3,(H,12,13)(H,14,15). The molecule has 17 heavy (non-hydrogen) atoms. The van der Waals surface area contributed by atoms with E-state index in [4.69, 9.17) is 14.6 Å². The van der Waals surface area contributed by atoms with Gasteiger partial charge < -0.3 is 24.6 Å². The van der Waals surface area contributed by atoms with Crippen LogP contribution in [-0.2, 0) is 16.0 Å². The van der Waals surface area contributed by atoms with Crippen molar-refractivity contribution in [2.75, 3.05) is 19.0 Å². The third-order valence-corrected chi connectivity index (χ3v) is 2.23. The van der Waals surface area contributed by atoms with Crippen molar-refractivity contribution in [1.29, 1.82) is 0 Å². The largest absolute Gasteiger partial charge is 0.479 e. The summed E-state index contributed by atoms with van der Waals surface area (Å²) in [7, 11) is 3.42. The maximum absolute atomic E-state index is 10.7. The highest BCUT2D eigenvalue weighted by atomic mass is 16.4. The first-order valence-corrected chi connectivity index (χ1v) is 4.72. The molecule has 0 aliphatic heterocycles. The zero-order chi connectivity index (χ0) is 13.2. The van der Waals surface area contributed by atoms with Crippen molar-refractivity contribution in [1.82, 2.24) is 0 Å². The van der Waals surface area contributed by atoms with Gasteiger partial charge in [0.2, 0.25) is 0 Å². The minimum Gasteiger partial charge on any atom is -0.479 e. The number of aliphatic carboxylic acids is 2. The fraction of sp³-hybridized carbons (Fsp3) is 0.400. The van der Waals surface area contributed by atoms with Crippen LogP contribution in [0.15, 0.2) is 16.5 Å². The zero-order valence-corrected chi connectivity index (χ0v) is 9.38. The second-order valence-electron chi connectivity index (χ2n) is 3.78. The molecule has 7 nitrogen and oxygen atoms in total. The summed E-state index contributed by atoms with van der Waals surface area (Å²) in [4.78, 5) is 23.1. The number of hydrogen-bond donors (Lipinski definition) is 3. The Kier molecular flexibility index (Phi) is 3.42. The van der Waals surface area contributed by atoms with Gasteiger partial charge in [0, 0.05) is 20.2 Å². The van der Waals surface area contributed by atoms with Gasteiger partial charge in [0.05, 0.1) is 6.42 Å². The third-order valence-electron chi connectivity index (χ3n) is 2.23. The summed E-state index contributed by atoms with van der Waals surface area (Å²) in [6.45, 7) is 0. The molecule has 1 heterocycles. The molecule has 1 aromatic heterocycles. The van der Waals surface area contributed by atoms with Crippen LogP contribution in [0.2, 0.25) is 0 Å². The topological polar surface area (TPSA) is 111 Å². The van der Waals surface area contributed by atoms with E-state index < -0.39 is 24.0 Å². The van der Waals surface area contributed by atoms with Crippen molar-refractivity contribution in [3.8, 4) is 0 Å². The van der Waals surface area contributed by atoms with E-state index in [0.29, 0.717) is 5.88 Å². The Morgan fingerprint density at radius 2 is 1.82 bits per heavy atom. The minimum absolute atomic E-state index is 0.0843. The molecular weight excluding hydrogens is 230 g/mol. The van der Waals surface area contributed by atoms with Gasteiger partial charge in [-0.05, 0) is 6.07 Å². The minimum atomic E-state index is -2.87. The van der Waals surface area contributed by atoms with E-state index in [9.17, 15) is 14.7 Å². The van der Waals surface area contributed by atoms with Crippen molar-refractivity contribution in [3.63, 3.8) is 0 Å². The second-order valence-corrected chi connectivity index (χ2v) is 3.78. The normalized spacial score (nSPS) is 11.2. The highest BCUT2D eigenvalue weighted by Gasteiger charge is 2.45. The van der Waals surface area contributed by atoms with Crippen LogP contribution in [0.1, 0.15) is 5.76 Å². The highest BCUT2D eigenvalue weighted by molar-refractivity contribution is 6.01. The van der Waals surface area contributed by atoms with Crippen LogP contribution in [-0.4, -0.2) is 47.0 Å².